The first-order valence-corrected chi connectivity index (χ1v) is 10.3. The Bertz CT molecular complexity index is 235. The van der Waals surface area contributed by atoms with Crippen LogP contribution in [0.2, 0.25) is 0 Å². The van der Waals surface area contributed by atoms with Crippen molar-refractivity contribution >= 4 is 29.7 Å². The molecule has 2 atom stereocenters. The number of rotatable bonds is 10. The Labute approximate surface area is 117 Å². The fourth-order valence-electron chi connectivity index (χ4n) is 1.38. The van der Waals surface area contributed by atoms with E-state index in [0.717, 1.165) is 6.42 Å². The minimum atomic E-state index is -2.32. The summed E-state index contributed by atoms with van der Waals surface area (Å²) in [5.41, 5.74) is -2.32. The lowest BCUT2D eigenvalue weighted by Gasteiger charge is -2.21. The van der Waals surface area contributed by atoms with Crippen LogP contribution in [0.5, 0.6) is 0 Å². The molecule has 0 saturated carbocycles. The van der Waals surface area contributed by atoms with Crippen molar-refractivity contribution in [2.24, 2.45) is 11.8 Å². The van der Waals surface area contributed by atoms with E-state index in [2.05, 4.69) is 39.9 Å². The predicted molar refractivity (Wildman–Crippen MR) is 83.3 cm³/mol. The molecule has 0 N–H and O–H groups in total. The molecule has 0 aliphatic rings. The molecule has 2 unspecified atom stereocenters. The fourth-order valence-corrected chi connectivity index (χ4v) is 3.10. The van der Waals surface area contributed by atoms with Crippen molar-refractivity contribution in [3.05, 3.63) is 0 Å². The van der Waals surface area contributed by atoms with Crippen molar-refractivity contribution in [1.82, 2.24) is 0 Å². The van der Waals surface area contributed by atoms with Crippen molar-refractivity contribution in [2.45, 2.75) is 53.4 Å². The lowest BCUT2D eigenvalue weighted by molar-refractivity contribution is 0.201. The van der Waals surface area contributed by atoms with Crippen molar-refractivity contribution in [3.8, 4) is 0 Å². The largest absolute Gasteiger partial charge is 0.322 e. The van der Waals surface area contributed by atoms with Gasteiger partial charge in [0.05, 0.1) is 13.2 Å². The molecule has 0 bridgehead atoms. The molecule has 0 saturated heterocycles. The van der Waals surface area contributed by atoms with Gasteiger partial charge in [-0.15, -0.1) is 0 Å². The Morgan fingerprint density at radius 2 is 1.76 bits per heavy atom. The van der Waals surface area contributed by atoms with E-state index in [0.29, 0.717) is 25.0 Å². The maximum Gasteiger partial charge on any atom is 0.244 e. The zero-order chi connectivity index (χ0) is 13.3. The second kappa shape index (κ2) is 9.80. The molecule has 0 radical (unpaired) electrons. The molecule has 0 fully saturated rings. The van der Waals surface area contributed by atoms with Gasteiger partial charge in [-0.3, -0.25) is 0 Å². The second-order valence-electron chi connectivity index (χ2n) is 4.87. The van der Waals surface area contributed by atoms with Gasteiger partial charge in [0.15, 0.2) is 0 Å². The maximum atomic E-state index is 5.70. The molecule has 0 rings (SSSR count). The summed E-state index contributed by atoms with van der Waals surface area (Å²) in [6, 6.07) is 0. The molecule has 0 aliphatic carbocycles. The highest BCUT2D eigenvalue weighted by Crippen LogP contribution is 2.54. The van der Waals surface area contributed by atoms with Crippen molar-refractivity contribution in [3.63, 3.8) is 0 Å². The zero-order valence-corrected chi connectivity index (χ0v) is 14.1. The molecule has 0 heterocycles. The van der Waals surface area contributed by atoms with Crippen LogP contribution in [0.25, 0.3) is 0 Å². The summed E-state index contributed by atoms with van der Waals surface area (Å²) >= 11 is 9.62. The van der Waals surface area contributed by atoms with Crippen LogP contribution < -0.4 is 0 Å². The SMILES string of the molecule is CCCCC(CC)COP(=S)(S)OCC(C)C. The van der Waals surface area contributed by atoms with E-state index >= 15 is 0 Å². The summed E-state index contributed by atoms with van der Waals surface area (Å²) in [5.74, 6) is 1.06. The quantitative estimate of drug-likeness (QED) is 0.450. The Kier molecular flexibility index (Phi) is 10.3. The number of hydrogen-bond donors (Lipinski definition) is 1. The van der Waals surface area contributed by atoms with Crippen molar-refractivity contribution < 1.29 is 9.05 Å². The molecule has 0 aromatic carbocycles. The van der Waals surface area contributed by atoms with Crippen LogP contribution >= 0.6 is 17.9 Å². The average molecular weight is 298 g/mol. The van der Waals surface area contributed by atoms with Crippen LogP contribution in [0.3, 0.4) is 0 Å². The molecule has 2 nitrogen and oxygen atoms in total. The smallest absolute Gasteiger partial charge is 0.244 e. The zero-order valence-electron chi connectivity index (χ0n) is 11.5. The fraction of sp³-hybridized carbons (Fsp3) is 1.00. The van der Waals surface area contributed by atoms with Gasteiger partial charge < -0.3 is 9.05 Å². The lowest BCUT2D eigenvalue weighted by Crippen LogP contribution is -2.08. The topological polar surface area (TPSA) is 18.5 Å². The molecule has 0 aromatic heterocycles. The first-order valence-electron chi connectivity index (χ1n) is 6.53. The summed E-state index contributed by atoms with van der Waals surface area (Å²) in [6.07, 6.45) is 4.83. The molecule has 0 aliphatic heterocycles. The third-order valence-corrected chi connectivity index (χ3v) is 4.86. The van der Waals surface area contributed by atoms with Gasteiger partial charge in [0, 0.05) is 0 Å². The first kappa shape index (κ1) is 17.9. The number of unbranched alkanes of at least 4 members (excludes halogenated alkanes) is 1. The summed E-state index contributed by atoms with van der Waals surface area (Å²) in [5, 5.41) is 0. The van der Waals surface area contributed by atoms with Gasteiger partial charge in [-0.1, -0.05) is 59.2 Å². The van der Waals surface area contributed by atoms with Gasteiger partial charge >= 0.3 is 0 Å². The third kappa shape index (κ3) is 10.5. The minimum Gasteiger partial charge on any atom is -0.322 e. The molecule has 0 aromatic rings. The molecule has 104 valence electrons. The highest BCUT2D eigenvalue weighted by atomic mass is 32.9. The van der Waals surface area contributed by atoms with Crippen LogP contribution in [-0.4, -0.2) is 13.2 Å². The van der Waals surface area contributed by atoms with Crippen LogP contribution in [0.1, 0.15) is 53.4 Å². The van der Waals surface area contributed by atoms with Gasteiger partial charge in [-0.2, -0.15) is 0 Å². The molecule has 0 amide bonds. The summed E-state index contributed by atoms with van der Waals surface area (Å²) in [7, 11) is 0. The summed E-state index contributed by atoms with van der Waals surface area (Å²) in [6.45, 7) is 9.92. The van der Waals surface area contributed by atoms with E-state index in [1.165, 1.54) is 19.3 Å². The van der Waals surface area contributed by atoms with E-state index < -0.39 is 5.69 Å². The lowest BCUT2D eigenvalue weighted by atomic mass is 10.0. The van der Waals surface area contributed by atoms with Crippen LogP contribution in [0.15, 0.2) is 0 Å². The van der Waals surface area contributed by atoms with Crippen LogP contribution in [0.4, 0.5) is 0 Å². The summed E-state index contributed by atoms with van der Waals surface area (Å²) in [4.78, 5) is 0. The minimum absolute atomic E-state index is 0.468. The predicted octanol–water partition coefficient (Wildman–Crippen LogP) is 5.05. The monoisotopic (exact) mass is 298 g/mol. The molecule has 5 heteroatoms. The maximum absolute atomic E-state index is 5.70. The van der Waals surface area contributed by atoms with Gasteiger partial charge in [-0.25, -0.2) is 0 Å². The van der Waals surface area contributed by atoms with Gasteiger partial charge in [0.2, 0.25) is 5.69 Å². The van der Waals surface area contributed by atoms with E-state index in [9.17, 15) is 0 Å². The number of thiol groups is 1. The molecular weight excluding hydrogens is 271 g/mol. The van der Waals surface area contributed by atoms with E-state index in [4.69, 9.17) is 20.9 Å². The van der Waals surface area contributed by atoms with Gasteiger partial charge in [0.1, 0.15) is 0 Å². The Hall–Kier alpha value is 0.920. The van der Waals surface area contributed by atoms with Crippen molar-refractivity contribution in [2.75, 3.05) is 13.2 Å². The first-order chi connectivity index (χ1) is 7.91. The average Bonchev–Trinajstić information content (AvgIpc) is 2.27. The highest BCUT2D eigenvalue weighted by molar-refractivity contribution is 8.60. The number of hydrogen-bond acceptors (Lipinski definition) is 3. The standard InChI is InChI=1S/C12H27O2PS2/c1-5-7-8-12(6-2)10-14-15(16,17)13-9-11(3)4/h11-12H,5-10H2,1-4H3,(H,16,17). The van der Waals surface area contributed by atoms with E-state index in [-0.39, 0.29) is 0 Å². The van der Waals surface area contributed by atoms with E-state index in [1.54, 1.807) is 0 Å². The highest BCUT2D eigenvalue weighted by Gasteiger charge is 2.16. The van der Waals surface area contributed by atoms with E-state index in [1.807, 2.05) is 0 Å². The Morgan fingerprint density at radius 3 is 2.24 bits per heavy atom. The van der Waals surface area contributed by atoms with Gasteiger partial charge in [-0.05, 0) is 30.1 Å². The third-order valence-electron chi connectivity index (χ3n) is 2.59. The molecule has 0 spiro atoms. The Balaban J connectivity index is 3.92. The normalized spacial score (nSPS) is 17.1. The molecule has 17 heavy (non-hydrogen) atoms. The van der Waals surface area contributed by atoms with Crippen LogP contribution in [-0.2, 0) is 20.9 Å². The second-order valence-corrected chi connectivity index (χ2v) is 10.2. The van der Waals surface area contributed by atoms with Crippen LogP contribution in [0, 0.1) is 11.8 Å². The molecular formula is C12H27O2PS2. The Morgan fingerprint density at radius 1 is 1.18 bits per heavy atom. The summed E-state index contributed by atoms with van der Waals surface area (Å²) < 4.78 is 11.3. The van der Waals surface area contributed by atoms with Gasteiger partial charge in [0.25, 0.3) is 0 Å². The van der Waals surface area contributed by atoms with Crippen molar-refractivity contribution in [1.29, 1.82) is 0 Å².